The lowest BCUT2D eigenvalue weighted by Crippen LogP contribution is -2.50. The molecular formula is C27H38N4O5. The minimum absolute atomic E-state index is 0.0456. The zero-order valence-corrected chi connectivity index (χ0v) is 21.8. The van der Waals surface area contributed by atoms with Crippen molar-refractivity contribution < 1.29 is 23.9 Å². The number of hydrogen-bond donors (Lipinski definition) is 2. The van der Waals surface area contributed by atoms with Crippen molar-refractivity contribution in [3.63, 3.8) is 0 Å². The number of anilines is 1. The Morgan fingerprint density at radius 3 is 2.47 bits per heavy atom. The summed E-state index contributed by atoms with van der Waals surface area (Å²) in [6, 6.07) is 5.24. The molecule has 36 heavy (non-hydrogen) atoms. The highest BCUT2D eigenvalue weighted by Gasteiger charge is 2.42. The third kappa shape index (κ3) is 5.65. The second-order valence-electron chi connectivity index (χ2n) is 11.2. The number of carbonyl (C=O) groups excluding carboxylic acids is 4. The zero-order valence-electron chi connectivity index (χ0n) is 21.8. The van der Waals surface area contributed by atoms with Crippen molar-refractivity contribution >= 4 is 29.5 Å². The monoisotopic (exact) mass is 498 g/mol. The van der Waals surface area contributed by atoms with E-state index in [0.29, 0.717) is 48.7 Å². The van der Waals surface area contributed by atoms with Gasteiger partial charge >= 0.3 is 6.09 Å². The highest BCUT2D eigenvalue weighted by molar-refractivity contribution is 6.24. The number of rotatable bonds is 6. The summed E-state index contributed by atoms with van der Waals surface area (Å²) in [5.74, 6) is -0.0786. The minimum atomic E-state index is -0.499. The maximum atomic E-state index is 13.2. The van der Waals surface area contributed by atoms with Crippen LogP contribution in [-0.4, -0.2) is 71.4 Å². The summed E-state index contributed by atoms with van der Waals surface area (Å²) < 4.78 is 5.50. The Kier molecular flexibility index (Phi) is 7.57. The van der Waals surface area contributed by atoms with E-state index in [0.717, 1.165) is 32.1 Å². The Hall–Kier alpha value is -3.10. The van der Waals surface area contributed by atoms with Crippen LogP contribution in [-0.2, 0) is 9.53 Å². The van der Waals surface area contributed by atoms with Crippen LogP contribution in [0.15, 0.2) is 18.2 Å². The van der Waals surface area contributed by atoms with Gasteiger partial charge in [-0.05, 0) is 77.3 Å². The molecule has 1 saturated heterocycles. The fourth-order valence-corrected chi connectivity index (χ4v) is 5.44. The number of nitrogens with one attached hydrogen (secondary N) is 2. The predicted octanol–water partition coefficient (Wildman–Crippen LogP) is 3.79. The van der Waals surface area contributed by atoms with E-state index in [2.05, 4.69) is 10.6 Å². The molecule has 1 aliphatic carbocycles. The number of amides is 4. The SMILES string of the molecule is CN(C(=O)OC(C)(C)C)C1CCC(CCNc2cccc3c2C(=O)N(C2CCC(=O)NC2)C3=O)CC1. The number of hydrogen-bond acceptors (Lipinski definition) is 6. The number of nitrogens with zero attached hydrogens (tertiary/aromatic N) is 2. The lowest BCUT2D eigenvalue weighted by molar-refractivity contribution is -0.123. The molecule has 9 nitrogen and oxygen atoms in total. The summed E-state index contributed by atoms with van der Waals surface area (Å²) in [7, 11) is 1.82. The van der Waals surface area contributed by atoms with Crippen molar-refractivity contribution in [2.24, 2.45) is 5.92 Å². The average molecular weight is 499 g/mol. The van der Waals surface area contributed by atoms with Crippen molar-refractivity contribution in [1.82, 2.24) is 15.1 Å². The van der Waals surface area contributed by atoms with Gasteiger partial charge in [0, 0.05) is 38.3 Å². The molecule has 1 aromatic carbocycles. The number of imide groups is 1. The Morgan fingerprint density at radius 2 is 1.83 bits per heavy atom. The molecule has 9 heteroatoms. The quantitative estimate of drug-likeness (QED) is 0.578. The molecular weight excluding hydrogens is 460 g/mol. The van der Waals surface area contributed by atoms with Crippen molar-refractivity contribution in [3.8, 4) is 0 Å². The summed E-state index contributed by atoms with van der Waals surface area (Å²) in [5, 5.41) is 6.16. The second kappa shape index (κ2) is 10.5. The first-order chi connectivity index (χ1) is 17.0. The van der Waals surface area contributed by atoms with Crippen LogP contribution in [0, 0.1) is 5.92 Å². The van der Waals surface area contributed by atoms with Crippen LogP contribution in [0.5, 0.6) is 0 Å². The molecule has 0 aromatic heterocycles. The largest absolute Gasteiger partial charge is 0.444 e. The van der Waals surface area contributed by atoms with E-state index in [9.17, 15) is 19.2 Å². The van der Waals surface area contributed by atoms with Crippen LogP contribution in [0.25, 0.3) is 0 Å². The molecule has 1 atom stereocenters. The Labute approximate surface area is 212 Å². The predicted molar refractivity (Wildman–Crippen MR) is 136 cm³/mol. The Balaban J connectivity index is 1.29. The number of benzene rings is 1. The second-order valence-corrected chi connectivity index (χ2v) is 11.2. The van der Waals surface area contributed by atoms with Gasteiger partial charge < -0.3 is 20.3 Å². The smallest absolute Gasteiger partial charge is 0.410 e. The standard InChI is InChI=1S/C27H38N4O5/c1-27(2,3)36-26(35)30(4)18-10-8-17(9-11-18)14-15-28-21-7-5-6-20-23(21)25(34)31(24(20)33)19-12-13-22(32)29-16-19/h5-7,17-19,28H,8-16H2,1-4H3,(H,29,32). The van der Waals surface area contributed by atoms with Gasteiger partial charge in [-0.1, -0.05) is 6.07 Å². The van der Waals surface area contributed by atoms with E-state index in [1.54, 1.807) is 17.0 Å². The van der Waals surface area contributed by atoms with Crippen LogP contribution in [0.2, 0.25) is 0 Å². The lowest BCUT2D eigenvalue weighted by Gasteiger charge is -2.35. The third-order valence-electron chi connectivity index (χ3n) is 7.46. The molecule has 4 rings (SSSR count). The van der Waals surface area contributed by atoms with E-state index >= 15 is 0 Å². The molecule has 1 unspecified atom stereocenters. The highest BCUT2D eigenvalue weighted by atomic mass is 16.6. The normalized spacial score (nSPS) is 24.3. The fourth-order valence-electron chi connectivity index (χ4n) is 5.44. The minimum Gasteiger partial charge on any atom is -0.444 e. The van der Waals surface area contributed by atoms with Gasteiger partial charge in [0.1, 0.15) is 5.60 Å². The molecule has 0 spiro atoms. The molecule has 0 radical (unpaired) electrons. The van der Waals surface area contributed by atoms with Crippen LogP contribution in [0.4, 0.5) is 10.5 Å². The van der Waals surface area contributed by atoms with Gasteiger partial charge in [-0.25, -0.2) is 4.79 Å². The van der Waals surface area contributed by atoms with Crippen LogP contribution < -0.4 is 10.6 Å². The van der Waals surface area contributed by atoms with Gasteiger partial charge in [0.15, 0.2) is 0 Å². The Morgan fingerprint density at radius 1 is 1.11 bits per heavy atom. The van der Waals surface area contributed by atoms with Gasteiger partial charge in [0.25, 0.3) is 11.8 Å². The van der Waals surface area contributed by atoms with E-state index in [1.807, 2.05) is 33.9 Å². The third-order valence-corrected chi connectivity index (χ3v) is 7.46. The van der Waals surface area contributed by atoms with Gasteiger partial charge in [0.05, 0.1) is 17.2 Å². The topological polar surface area (TPSA) is 108 Å². The van der Waals surface area contributed by atoms with Crippen molar-refractivity contribution in [2.75, 3.05) is 25.5 Å². The molecule has 0 bridgehead atoms. The van der Waals surface area contributed by atoms with E-state index in [4.69, 9.17) is 4.74 Å². The van der Waals surface area contributed by atoms with Crippen molar-refractivity contribution in [1.29, 1.82) is 0 Å². The molecule has 4 amide bonds. The molecule has 196 valence electrons. The molecule has 2 fully saturated rings. The fraction of sp³-hybridized carbons (Fsp3) is 0.630. The van der Waals surface area contributed by atoms with Crippen molar-refractivity contribution in [2.45, 2.75) is 83.4 Å². The number of fused-ring (bicyclic) bond motifs is 1. The van der Waals surface area contributed by atoms with Crippen molar-refractivity contribution in [3.05, 3.63) is 29.3 Å². The first-order valence-corrected chi connectivity index (χ1v) is 13.0. The molecule has 2 N–H and O–H groups in total. The van der Waals surface area contributed by atoms with Crippen LogP contribution >= 0.6 is 0 Å². The maximum Gasteiger partial charge on any atom is 0.410 e. The Bertz CT molecular complexity index is 1020. The molecule has 2 aliphatic heterocycles. The number of carbonyl (C=O) groups is 4. The lowest BCUT2D eigenvalue weighted by atomic mass is 9.83. The number of piperidine rings is 1. The van der Waals surface area contributed by atoms with Gasteiger partial charge in [-0.15, -0.1) is 0 Å². The summed E-state index contributed by atoms with van der Waals surface area (Å²) in [6.45, 7) is 6.64. The molecule has 2 heterocycles. The highest BCUT2D eigenvalue weighted by Crippen LogP contribution is 2.33. The van der Waals surface area contributed by atoms with E-state index < -0.39 is 5.60 Å². The summed E-state index contributed by atoms with van der Waals surface area (Å²) in [4.78, 5) is 53.2. The first-order valence-electron chi connectivity index (χ1n) is 13.0. The zero-order chi connectivity index (χ0) is 26.0. The van der Waals surface area contributed by atoms with Crippen LogP contribution in [0.1, 0.15) is 86.4 Å². The van der Waals surface area contributed by atoms with E-state index in [-0.39, 0.29) is 35.9 Å². The molecule has 1 saturated carbocycles. The van der Waals surface area contributed by atoms with Gasteiger partial charge in [-0.2, -0.15) is 0 Å². The summed E-state index contributed by atoms with van der Waals surface area (Å²) >= 11 is 0. The van der Waals surface area contributed by atoms with Gasteiger partial charge in [-0.3, -0.25) is 19.3 Å². The first kappa shape index (κ1) is 26.0. The summed E-state index contributed by atoms with van der Waals surface area (Å²) in [6.07, 6.45) is 5.45. The molecule has 1 aromatic rings. The van der Waals surface area contributed by atoms with E-state index in [1.165, 1.54) is 4.90 Å². The average Bonchev–Trinajstić information content (AvgIpc) is 3.09. The van der Waals surface area contributed by atoms with Gasteiger partial charge in [0.2, 0.25) is 5.91 Å². The van der Waals surface area contributed by atoms with Crippen LogP contribution in [0.3, 0.4) is 0 Å². The molecule has 3 aliphatic rings. The maximum absolute atomic E-state index is 13.2. The number of ether oxygens (including phenoxy) is 1. The summed E-state index contributed by atoms with van der Waals surface area (Å²) in [5.41, 5.74) is 1.04.